The Morgan fingerprint density at radius 1 is 0.826 bits per heavy atom. The summed E-state index contributed by atoms with van der Waals surface area (Å²) in [6.07, 6.45) is 3.71. The van der Waals surface area contributed by atoms with Crippen molar-refractivity contribution in [2.75, 3.05) is 0 Å². The molecule has 0 saturated carbocycles. The first-order valence-electron chi connectivity index (χ1n) is 8.69. The molecule has 23 heavy (non-hydrogen) atoms. The zero-order valence-corrected chi connectivity index (χ0v) is 15.9. The van der Waals surface area contributed by atoms with Gasteiger partial charge in [-0.15, -0.1) is 11.3 Å². The molecule has 0 nitrogen and oxygen atoms in total. The Labute approximate surface area is 144 Å². The zero-order valence-electron chi connectivity index (χ0n) is 15.1. The van der Waals surface area contributed by atoms with E-state index in [-0.39, 0.29) is 0 Å². The van der Waals surface area contributed by atoms with E-state index in [4.69, 9.17) is 0 Å². The van der Waals surface area contributed by atoms with E-state index in [2.05, 4.69) is 77.1 Å². The van der Waals surface area contributed by atoms with Crippen molar-refractivity contribution >= 4 is 31.5 Å². The highest BCUT2D eigenvalue weighted by Crippen LogP contribution is 2.42. The van der Waals surface area contributed by atoms with Gasteiger partial charge in [-0.05, 0) is 47.8 Å². The molecule has 0 saturated heterocycles. The quantitative estimate of drug-likeness (QED) is 0.467. The molecule has 0 radical (unpaired) electrons. The molecule has 0 aliphatic carbocycles. The van der Waals surface area contributed by atoms with Gasteiger partial charge in [-0.25, -0.2) is 0 Å². The van der Waals surface area contributed by atoms with Gasteiger partial charge < -0.3 is 0 Å². The Morgan fingerprint density at radius 2 is 1.52 bits per heavy atom. The summed E-state index contributed by atoms with van der Waals surface area (Å²) in [6.45, 7) is 11.9. The number of benzene rings is 2. The molecule has 1 heteroatoms. The van der Waals surface area contributed by atoms with Crippen LogP contribution in [-0.4, -0.2) is 0 Å². The van der Waals surface area contributed by atoms with Crippen LogP contribution in [0.2, 0.25) is 0 Å². The second-order valence-corrected chi connectivity index (χ2v) is 9.46. The van der Waals surface area contributed by atoms with E-state index in [9.17, 15) is 0 Å². The predicted octanol–water partition coefficient (Wildman–Crippen LogP) is 7.45. The Balaban J connectivity index is 1.86. The maximum Gasteiger partial charge on any atom is 0.0358 e. The molecule has 0 bridgehead atoms. The van der Waals surface area contributed by atoms with Crippen molar-refractivity contribution in [3.63, 3.8) is 0 Å². The fourth-order valence-electron chi connectivity index (χ4n) is 3.15. The largest absolute Gasteiger partial charge is 0.135 e. The Kier molecular flexibility index (Phi) is 4.27. The van der Waals surface area contributed by atoms with Crippen LogP contribution in [0.4, 0.5) is 0 Å². The lowest BCUT2D eigenvalue weighted by molar-refractivity contribution is 0.117. The molecule has 2 aromatic carbocycles. The summed E-state index contributed by atoms with van der Waals surface area (Å²) in [5.41, 5.74) is 2.25. The molecule has 1 aromatic heterocycles. The van der Waals surface area contributed by atoms with Crippen molar-refractivity contribution in [1.29, 1.82) is 0 Å². The van der Waals surface area contributed by atoms with Gasteiger partial charge in [-0.1, -0.05) is 65.0 Å². The normalized spacial score (nSPS) is 13.1. The van der Waals surface area contributed by atoms with E-state index in [1.54, 1.807) is 0 Å². The van der Waals surface area contributed by atoms with Crippen LogP contribution in [0.25, 0.3) is 20.2 Å². The number of hydrogen-bond donors (Lipinski definition) is 0. The van der Waals surface area contributed by atoms with Crippen molar-refractivity contribution in [2.45, 2.75) is 53.9 Å². The fraction of sp³-hybridized carbons (Fsp3) is 0.455. The molecular formula is C22H28S. The van der Waals surface area contributed by atoms with E-state index in [1.165, 1.54) is 45.0 Å². The fourth-order valence-corrected chi connectivity index (χ4v) is 4.31. The van der Waals surface area contributed by atoms with Crippen LogP contribution >= 0.6 is 11.3 Å². The third-order valence-electron chi connectivity index (χ3n) is 5.77. The van der Waals surface area contributed by atoms with Crippen LogP contribution < -0.4 is 0 Å². The van der Waals surface area contributed by atoms with Gasteiger partial charge >= 0.3 is 0 Å². The summed E-state index contributed by atoms with van der Waals surface area (Å²) < 4.78 is 2.84. The van der Waals surface area contributed by atoms with Gasteiger partial charge in [0.15, 0.2) is 0 Å². The Hall–Kier alpha value is -1.34. The lowest BCUT2D eigenvalue weighted by Gasteiger charge is -2.39. The van der Waals surface area contributed by atoms with E-state index < -0.39 is 0 Å². The lowest BCUT2D eigenvalue weighted by atomic mass is 9.66. The summed E-state index contributed by atoms with van der Waals surface area (Å²) in [6, 6.07) is 15.6. The molecule has 1 heterocycles. The molecule has 0 unspecified atom stereocenters. The van der Waals surface area contributed by atoms with E-state index in [0.717, 1.165) is 0 Å². The van der Waals surface area contributed by atoms with Gasteiger partial charge in [-0.2, -0.15) is 0 Å². The molecule has 0 aliphatic rings. The number of aryl methyl sites for hydroxylation is 1. The zero-order chi connectivity index (χ0) is 16.7. The number of fused-ring (bicyclic) bond motifs is 3. The van der Waals surface area contributed by atoms with Gasteiger partial charge in [0.2, 0.25) is 0 Å². The Bertz CT molecular complexity index is 815. The first-order valence-corrected chi connectivity index (χ1v) is 9.50. The summed E-state index contributed by atoms with van der Waals surface area (Å²) >= 11 is 1.92. The monoisotopic (exact) mass is 324 g/mol. The van der Waals surface area contributed by atoms with Crippen LogP contribution in [-0.2, 0) is 6.42 Å². The average molecular weight is 325 g/mol. The number of rotatable bonds is 4. The minimum absolute atomic E-state index is 0.355. The molecule has 0 atom stereocenters. The van der Waals surface area contributed by atoms with Crippen molar-refractivity contribution in [1.82, 2.24) is 0 Å². The van der Waals surface area contributed by atoms with Crippen LogP contribution in [0.1, 0.15) is 53.0 Å². The van der Waals surface area contributed by atoms with Crippen molar-refractivity contribution < 1.29 is 0 Å². The summed E-state index contributed by atoms with van der Waals surface area (Å²) in [5.74, 6) is 0. The summed E-state index contributed by atoms with van der Waals surface area (Å²) in [5, 5.41) is 2.92. The molecule has 0 spiro atoms. The number of hydrogen-bond acceptors (Lipinski definition) is 1. The molecular weight excluding hydrogens is 296 g/mol. The first kappa shape index (κ1) is 16.5. The predicted molar refractivity (Wildman–Crippen MR) is 106 cm³/mol. The minimum Gasteiger partial charge on any atom is -0.135 e. The van der Waals surface area contributed by atoms with Crippen LogP contribution in [0.15, 0.2) is 42.5 Å². The smallest absolute Gasteiger partial charge is 0.0358 e. The molecule has 0 N–H and O–H groups in total. The summed E-state index contributed by atoms with van der Waals surface area (Å²) in [7, 11) is 0. The molecule has 3 rings (SSSR count). The second kappa shape index (κ2) is 5.94. The maximum atomic E-state index is 2.41. The Morgan fingerprint density at radius 3 is 2.26 bits per heavy atom. The van der Waals surface area contributed by atoms with E-state index in [1.807, 2.05) is 11.3 Å². The summed E-state index contributed by atoms with van der Waals surface area (Å²) in [4.78, 5) is 0. The SMILES string of the molecule is CC(C)(C)C(C)(C)CCCc1cccc2sc3ccccc3c12. The van der Waals surface area contributed by atoms with Gasteiger partial charge in [0.05, 0.1) is 0 Å². The second-order valence-electron chi connectivity index (χ2n) is 8.38. The van der Waals surface area contributed by atoms with Crippen molar-refractivity contribution in [3.8, 4) is 0 Å². The first-order chi connectivity index (χ1) is 10.8. The van der Waals surface area contributed by atoms with Gasteiger partial charge in [-0.3, -0.25) is 0 Å². The standard InChI is InChI=1S/C22H28S/c1-21(2,3)22(4,5)15-9-11-16-10-8-14-19-20(16)17-12-6-7-13-18(17)23-19/h6-8,10,12-14H,9,11,15H2,1-5H3. The third kappa shape index (κ3) is 3.17. The molecule has 0 amide bonds. The van der Waals surface area contributed by atoms with Gasteiger partial charge in [0.25, 0.3) is 0 Å². The lowest BCUT2D eigenvalue weighted by Crippen LogP contribution is -2.29. The topological polar surface area (TPSA) is 0 Å². The molecule has 0 aliphatic heterocycles. The van der Waals surface area contributed by atoms with Crippen LogP contribution in [0, 0.1) is 10.8 Å². The van der Waals surface area contributed by atoms with E-state index in [0.29, 0.717) is 10.8 Å². The van der Waals surface area contributed by atoms with Crippen molar-refractivity contribution in [3.05, 3.63) is 48.0 Å². The van der Waals surface area contributed by atoms with E-state index >= 15 is 0 Å². The molecule has 3 aromatic rings. The highest BCUT2D eigenvalue weighted by Gasteiger charge is 2.31. The highest BCUT2D eigenvalue weighted by atomic mass is 32.1. The maximum absolute atomic E-state index is 2.41. The molecule has 122 valence electrons. The van der Waals surface area contributed by atoms with Crippen LogP contribution in [0.5, 0.6) is 0 Å². The number of thiophene rings is 1. The average Bonchev–Trinajstić information content (AvgIpc) is 2.85. The minimum atomic E-state index is 0.355. The van der Waals surface area contributed by atoms with Gasteiger partial charge in [0.1, 0.15) is 0 Å². The highest BCUT2D eigenvalue weighted by molar-refractivity contribution is 7.25. The van der Waals surface area contributed by atoms with Crippen molar-refractivity contribution in [2.24, 2.45) is 10.8 Å². The van der Waals surface area contributed by atoms with Gasteiger partial charge in [0, 0.05) is 20.2 Å². The molecule has 0 fully saturated rings. The third-order valence-corrected chi connectivity index (χ3v) is 6.90. The van der Waals surface area contributed by atoms with Crippen LogP contribution in [0.3, 0.4) is 0 Å².